The first-order valence-corrected chi connectivity index (χ1v) is 13.9. The first-order valence-electron chi connectivity index (χ1n) is 9.42. The van der Waals surface area contributed by atoms with Crippen LogP contribution in [0.2, 0.25) is 0 Å². The van der Waals surface area contributed by atoms with Crippen molar-refractivity contribution in [3.05, 3.63) is 11.9 Å². The van der Waals surface area contributed by atoms with Crippen molar-refractivity contribution >= 4 is 35.2 Å². The fraction of sp³-hybridized carbons (Fsp3) is 0.600. The normalized spacial score (nSPS) is 33.5. The zero-order chi connectivity index (χ0) is 27.0. The summed E-state index contributed by atoms with van der Waals surface area (Å²) in [6.07, 6.45) is -0.773. The molecule has 0 aromatic carbocycles. The molecule has 2 saturated carbocycles. The molecule has 0 aromatic rings. The lowest BCUT2D eigenvalue weighted by molar-refractivity contribution is -0.122. The molecule has 2 rings (SSSR count). The number of alkyl halides is 1. The minimum Gasteiger partial charge on any atom is -0.390 e. The van der Waals surface area contributed by atoms with Gasteiger partial charge in [0.1, 0.15) is 12.2 Å². The van der Waals surface area contributed by atoms with Crippen LogP contribution in [0, 0.1) is 40.9 Å². The van der Waals surface area contributed by atoms with Crippen LogP contribution in [-0.4, -0.2) is 61.3 Å². The van der Waals surface area contributed by atoms with Gasteiger partial charge in [0, 0.05) is 17.8 Å². The number of hydrogen-bond donors (Lipinski definition) is 8. The second-order valence-electron chi connectivity index (χ2n) is 7.49. The van der Waals surface area contributed by atoms with Crippen molar-refractivity contribution in [2.45, 2.75) is 18.6 Å². The lowest BCUT2D eigenvalue weighted by atomic mass is 9.85. The minimum absolute atomic E-state index is 0.870. The number of allylic oxidation sites excluding steroid dienone is 1. The fourth-order valence-electron chi connectivity index (χ4n) is 4.02. The molecular formula is C15H22F2N3O12P3. The Morgan fingerprint density at radius 1 is 1.23 bits per heavy atom. The van der Waals surface area contributed by atoms with Crippen LogP contribution in [0.5, 0.6) is 0 Å². The smallest absolute Gasteiger partial charge is 0.390 e. The summed E-state index contributed by atoms with van der Waals surface area (Å²) in [4.78, 5) is 48.5. The van der Waals surface area contributed by atoms with Crippen LogP contribution in [0.15, 0.2) is 11.9 Å². The predicted octanol–water partition coefficient (Wildman–Crippen LogP) is -0.180. The summed E-state index contributed by atoms with van der Waals surface area (Å²) in [6, 6.07) is 0. The van der Waals surface area contributed by atoms with E-state index in [0.717, 1.165) is 6.08 Å². The minimum atomic E-state index is -5.79. The lowest BCUT2D eigenvalue weighted by Gasteiger charge is -2.31. The number of halogens is 2. The number of nitrogens with two attached hydrogens (primary N) is 1. The number of carbonyl (C=O) groups excluding carboxylic acids is 1. The van der Waals surface area contributed by atoms with Gasteiger partial charge in [0.05, 0.1) is 12.7 Å². The number of carbonyl (C=O) groups is 1. The molecule has 1 amide bonds. The molecule has 0 aromatic heterocycles. The summed E-state index contributed by atoms with van der Waals surface area (Å²) in [5.41, 5.74) is 4.17. The van der Waals surface area contributed by atoms with Crippen molar-refractivity contribution in [1.29, 1.82) is 5.41 Å². The third kappa shape index (κ3) is 7.11. The first kappa shape index (κ1) is 29.9. The largest absolute Gasteiger partial charge is 0.490 e. The molecule has 0 radical (unpaired) electrons. The number of nitrogens with one attached hydrogen (secondary N) is 2. The standard InChI is InChI=1S/C15H22F2N3O12P3/c1-2-8(17)13(18)20-14(22)10-9-7(12(21)15(19,11(9)10)4-3-5-16)6-30-34(26,27)32-35(28,29)31-33(23,24)25/h2,7,9-12,21H,5-6,19H2,1H3,(H,26,27)(H,28,29)(H2,18,20,22)(H2,23,24,25)/b8-2+/t7-,9?,10?,11-,12?,15-/m0/s1. The van der Waals surface area contributed by atoms with Gasteiger partial charge in [-0.25, -0.2) is 22.5 Å². The zero-order valence-corrected chi connectivity index (χ0v) is 20.3. The van der Waals surface area contributed by atoms with E-state index in [9.17, 15) is 42.2 Å². The van der Waals surface area contributed by atoms with Gasteiger partial charge in [0.25, 0.3) is 0 Å². The van der Waals surface area contributed by atoms with Crippen molar-refractivity contribution in [1.82, 2.24) is 5.32 Å². The van der Waals surface area contributed by atoms with E-state index >= 15 is 0 Å². The first-order chi connectivity index (χ1) is 15.9. The van der Waals surface area contributed by atoms with Crippen LogP contribution in [0.1, 0.15) is 6.92 Å². The van der Waals surface area contributed by atoms with Crippen LogP contribution in [0.4, 0.5) is 8.78 Å². The third-order valence-electron chi connectivity index (χ3n) is 5.28. The summed E-state index contributed by atoms with van der Waals surface area (Å²) in [7, 11) is -17.0. The van der Waals surface area contributed by atoms with Gasteiger partial charge in [-0.2, -0.15) is 8.62 Å². The van der Waals surface area contributed by atoms with Crippen molar-refractivity contribution in [3.8, 4) is 11.8 Å². The average molecular weight is 567 g/mol. The Bertz CT molecular complexity index is 1120. The highest BCUT2D eigenvalue weighted by Gasteiger charge is 2.74. The van der Waals surface area contributed by atoms with Gasteiger partial charge in [0.15, 0.2) is 11.7 Å². The Labute approximate surface area is 196 Å². The van der Waals surface area contributed by atoms with E-state index in [-0.39, 0.29) is 0 Å². The molecule has 5 unspecified atom stereocenters. The maximum Gasteiger partial charge on any atom is 0.490 e. The molecule has 0 bridgehead atoms. The summed E-state index contributed by atoms with van der Waals surface area (Å²) in [5, 5.41) is 20.1. The molecule has 15 nitrogen and oxygen atoms in total. The summed E-state index contributed by atoms with van der Waals surface area (Å²) in [5.74, 6) is -2.83. The van der Waals surface area contributed by atoms with E-state index in [1.165, 1.54) is 6.92 Å². The number of fused-ring (bicyclic) bond motifs is 1. The van der Waals surface area contributed by atoms with E-state index in [1.807, 2.05) is 11.2 Å². The average Bonchev–Trinajstić information content (AvgIpc) is 3.39. The summed E-state index contributed by atoms with van der Waals surface area (Å²) in [6.45, 7) is -0.857. The number of phosphoric acid groups is 3. The Hall–Kier alpha value is -1.37. The van der Waals surface area contributed by atoms with Crippen LogP contribution in [0.25, 0.3) is 0 Å². The molecule has 198 valence electrons. The van der Waals surface area contributed by atoms with E-state index < -0.39 is 89.6 Å². The molecule has 0 heterocycles. The van der Waals surface area contributed by atoms with Gasteiger partial charge in [-0.3, -0.25) is 14.7 Å². The number of aliphatic hydroxyl groups is 1. The van der Waals surface area contributed by atoms with E-state index in [0.29, 0.717) is 0 Å². The molecule has 35 heavy (non-hydrogen) atoms. The second kappa shape index (κ2) is 10.5. The summed E-state index contributed by atoms with van der Waals surface area (Å²) >= 11 is 0. The number of phosphoric ester groups is 1. The highest BCUT2D eigenvalue weighted by molar-refractivity contribution is 7.66. The number of rotatable bonds is 9. The Balaban J connectivity index is 2.21. The number of aliphatic hydroxyl groups excluding tert-OH is 1. The van der Waals surface area contributed by atoms with Crippen LogP contribution >= 0.6 is 23.5 Å². The molecule has 20 heteroatoms. The number of hydrogen-bond acceptors (Lipinski definition) is 10. The van der Waals surface area contributed by atoms with Gasteiger partial charge in [-0.15, -0.1) is 0 Å². The molecule has 2 aliphatic rings. The maximum absolute atomic E-state index is 13.5. The van der Waals surface area contributed by atoms with Crippen molar-refractivity contribution < 1.29 is 65.1 Å². The predicted molar refractivity (Wildman–Crippen MR) is 111 cm³/mol. The Morgan fingerprint density at radius 2 is 1.83 bits per heavy atom. The van der Waals surface area contributed by atoms with Crippen molar-refractivity contribution in [2.75, 3.05) is 13.3 Å². The number of amides is 1. The fourth-order valence-corrected chi connectivity index (χ4v) is 7.08. The molecule has 2 aliphatic carbocycles. The van der Waals surface area contributed by atoms with Crippen molar-refractivity contribution in [3.63, 3.8) is 0 Å². The molecule has 0 aliphatic heterocycles. The monoisotopic (exact) mass is 567 g/mol. The molecular weight excluding hydrogens is 545 g/mol. The molecule has 0 saturated heterocycles. The van der Waals surface area contributed by atoms with Crippen LogP contribution in [0.3, 0.4) is 0 Å². The van der Waals surface area contributed by atoms with Gasteiger partial charge in [-0.05, 0) is 18.9 Å². The molecule has 9 N–H and O–H groups in total. The lowest BCUT2D eigenvalue weighted by Crippen LogP contribution is -2.54. The maximum atomic E-state index is 13.5. The SMILES string of the molecule is C/C=C(/F)C(=N)NC(=O)C1C2[C@H](COP(=O)(O)OP(=O)(O)OP(=O)(O)O)C(O)[C@](N)(C#CCF)[C@H]12. The molecule has 8 atom stereocenters. The Morgan fingerprint density at radius 3 is 2.34 bits per heavy atom. The zero-order valence-electron chi connectivity index (χ0n) is 17.6. The topological polar surface area (TPSA) is 259 Å². The molecule has 0 spiro atoms. The van der Waals surface area contributed by atoms with E-state index in [4.69, 9.17) is 20.9 Å². The highest BCUT2D eigenvalue weighted by atomic mass is 31.3. The van der Waals surface area contributed by atoms with Crippen LogP contribution < -0.4 is 11.1 Å². The number of amidine groups is 1. The highest BCUT2D eigenvalue weighted by Crippen LogP contribution is 2.68. The quantitative estimate of drug-likeness (QED) is 0.0779. The second-order valence-corrected chi connectivity index (χ2v) is 11.9. The van der Waals surface area contributed by atoms with Gasteiger partial charge >= 0.3 is 23.5 Å². The third-order valence-corrected chi connectivity index (χ3v) is 9.08. The summed E-state index contributed by atoms with van der Waals surface area (Å²) < 4.78 is 72.0. The van der Waals surface area contributed by atoms with Crippen molar-refractivity contribution in [2.24, 2.45) is 29.4 Å². The van der Waals surface area contributed by atoms with E-state index in [1.54, 1.807) is 0 Å². The van der Waals surface area contributed by atoms with Gasteiger partial charge in [-0.1, -0.05) is 11.8 Å². The Kier molecular flexibility index (Phi) is 9.00. The van der Waals surface area contributed by atoms with Gasteiger partial charge in [0.2, 0.25) is 5.91 Å². The van der Waals surface area contributed by atoms with E-state index in [2.05, 4.69) is 19.1 Å². The molecule has 2 fully saturated rings. The van der Waals surface area contributed by atoms with Gasteiger partial charge < -0.3 is 35.7 Å². The van der Waals surface area contributed by atoms with Crippen LogP contribution in [-0.2, 0) is 31.6 Å².